The van der Waals surface area contributed by atoms with Gasteiger partial charge in [0.05, 0.1) is 21.2 Å². The van der Waals surface area contributed by atoms with Gasteiger partial charge in [-0.05, 0) is 24.3 Å². The van der Waals surface area contributed by atoms with Crippen LogP contribution in [0.25, 0.3) is 22.1 Å². The van der Waals surface area contributed by atoms with Crippen LogP contribution < -0.4 is 5.63 Å². The molecule has 6 heteroatoms. The molecule has 0 saturated heterocycles. The maximum Gasteiger partial charge on any atom is 0.344 e. The molecular formula is C19H12Cl2O4. The number of fused-ring (bicyclic) bond motifs is 1. The van der Waals surface area contributed by atoms with Crippen molar-refractivity contribution >= 4 is 40.1 Å². The minimum absolute atomic E-state index is 0.0620. The zero-order chi connectivity index (χ0) is 18.0. The molecule has 25 heavy (non-hydrogen) atoms. The van der Waals surface area contributed by atoms with Crippen LogP contribution >= 0.6 is 23.2 Å². The number of rotatable bonds is 4. The van der Waals surface area contributed by atoms with Crippen LogP contribution in [0.5, 0.6) is 0 Å². The molecule has 0 bridgehead atoms. The third kappa shape index (κ3) is 3.45. The van der Waals surface area contributed by atoms with Crippen molar-refractivity contribution in [1.82, 2.24) is 0 Å². The van der Waals surface area contributed by atoms with E-state index < -0.39 is 11.6 Å². The van der Waals surface area contributed by atoms with E-state index in [9.17, 15) is 9.59 Å². The van der Waals surface area contributed by atoms with E-state index in [0.29, 0.717) is 11.1 Å². The molecule has 0 atom stereocenters. The van der Waals surface area contributed by atoms with Crippen molar-refractivity contribution in [1.29, 1.82) is 0 Å². The largest absolute Gasteiger partial charge is 0.458 e. The van der Waals surface area contributed by atoms with Crippen LogP contribution in [0, 0.1) is 0 Å². The van der Waals surface area contributed by atoms with Gasteiger partial charge in [-0.25, -0.2) is 9.59 Å². The van der Waals surface area contributed by atoms with Crippen LogP contribution in [-0.2, 0) is 4.74 Å². The summed E-state index contributed by atoms with van der Waals surface area (Å²) < 4.78 is 10.3. The summed E-state index contributed by atoms with van der Waals surface area (Å²) >= 11 is 12.4. The van der Waals surface area contributed by atoms with Gasteiger partial charge in [0.25, 0.3) is 0 Å². The Morgan fingerprint density at radius 2 is 1.92 bits per heavy atom. The van der Waals surface area contributed by atoms with Crippen molar-refractivity contribution in [3.8, 4) is 11.1 Å². The van der Waals surface area contributed by atoms with Crippen LogP contribution in [0.1, 0.15) is 10.4 Å². The third-order valence-electron chi connectivity index (χ3n) is 3.53. The van der Waals surface area contributed by atoms with E-state index in [1.807, 2.05) is 6.07 Å². The van der Waals surface area contributed by atoms with E-state index in [2.05, 4.69) is 6.58 Å². The second kappa shape index (κ2) is 7.13. The fraction of sp³-hybridized carbons (Fsp3) is 0.0526. The molecule has 0 aliphatic carbocycles. The van der Waals surface area contributed by atoms with Gasteiger partial charge in [-0.1, -0.05) is 54.1 Å². The Hall–Kier alpha value is -2.56. The monoisotopic (exact) mass is 374 g/mol. The van der Waals surface area contributed by atoms with Gasteiger partial charge in [0.2, 0.25) is 0 Å². The van der Waals surface area contributed by atoms with Crippen LogP contribution in [-0.4, -0.2) is 12.6 Å². The Bertz CT molecular complexity index is 1040. The topological polar surface area (TPSA) is 56.5 Å². The van der Waals surface area contributed by atoms with Gasteiger partial charge in [0.15, 0.2) is 0 Å². The molecule has 2 aromatic carbocycles. The summed E-state index contributed by atoms with van der Waals surface area (Å²) in [6.07, 6.45) is 1.45. The number of hydrogen-bond donors (Lipinski definition) is 0. The first-order chi connectivity index (χ1) is 12.0. The number of carbonyl (C=O) groups excluding carboxylic acids is 1. The van der Waals surface area contributed by atoms with Crippen LogP contribution in [0.2, 0.25) is 10.0 Å². The Labute approximate surface area is 153 Å². The Morgan fingerprint density at radius 1 is 1.16 bits per heavy atom. The summed E-state index contributed by atoms with van der Waals surface area (Å²) in [6, 6.07) is 11.6. The molecule has 4 nitrogen and oxygen atoms in total. The maximum atomic E-state index is 12.4. The van der Waals surface area contributed by atoms with Gasteiger partial charge >= 0.3 is 11.6 Å². The highest BCUT2D eigenvalue weighted by atomic mass is 35.5. The number of para-hydroxylation sites is 1. The molecule has 0 unspecified atom stereocenters. The number of esters is 1. The summed E-state index contributed by atoms with van der Waals surface area (Å²) in [6.45, 7) is 3.55. The predicted octanol–water partition coefficient (Wildman–Crippen LogP) is 5.11. The highest BCUT2D eigenvalue weighted by molar-refractivity contribution is 6.44. The summed E-state index contributed by atoms with van der Waals surface area (Å²) in [5, 5.41) is 1.02. The van der Waals surface area contributed by atoms with Crippen LogP contribution in [0.4, 0.5) is 0 Å². The van der Waals surface area contributed by atoms with E-state index in [-0.39, 0.29) is 27.8 Å². The van der Waals surface area contributed by atoms with E-state index >= 15 is 0 Å². The molecule has 0 N–H and O–H groups in total. The maximum absolute atomic E-state index is 12.4. The Kier molecular flexibility index (Phi) is 4.93. The summed E-state index contributed by atoms with van der Waals surface area (Å²) in [5.74, 6) is -0.593. The summed E-state index contributed by atoms with van der Waals surface area (Å²) in [7, 11) is 0. The zero-order valence-corrected chi connectivity index (χ0v) is 14.4. The summed E-state index contributed by atoms with van der Waals surface area (Å²) in [5.41, 5.74) is 0.579. The van der Waals surface area contributed by atoms with Gasteiger partial charge < -0.3 is 9.15 Å². The summed E-state index contributed by atoms with van der Waals surface area (Å²) in [4.78, 5) is 24.4. The van der Waals surface area contributed by atoms with Crippen molar-refractivity contribution in [3.63, 3.8) is 0 Å². The second-order valence-electron chi connectivity index (χ2n) is 5.19. The molecule has 3 aromatic rings. The van der Waals surface area contributed by atoms with E-state index in [4.69, 9.17) is 32.4 Å². The normalized spacial score (nSPS) is 10.6. The Morgan fingerprint density at radius 3 is 2.68 bits per heavy atom. The van der Waals surface area contributed by atoms with Crippen LogP contribution in [0.3, 0.4) is 0 Å². The van der Waals surface area contributed by atoms with Gasteiger partial charge in [-0.3, -0.25) is 0 Å². The minimum atomic E-state index is -0.593. The average molecular weight is 375 g/mol. The predicted molar refractivity (Wildman–Crippen MR) is 98.4 cm³/mol. The van der Waals surface area contributed by atoms with Crippen molar-refractivity contribution in [2.45, 2.75) is 0 Å². The molecular weight excluding hydrogens is 363 g/mol. The number of ether oxygens (including phenoxy) is 1. The fourth-order valence-electron chi connectivity index (χ4n) is 2.37. The quantitative estimate of drug-likeness (QED) is 0.361. The zero-order valence-electron chi connectivity index (χ0n) is 12.9. The molecule has 0 aliphatic rings. The van der Waals surface area contributed by atoms with E-state index in [1.54, 1.807) is 24.3 Å². The second-order valence-corrected chi connectivity index (χ2v) is 5.98. The molecule has 1 aromatic heterocycles. The average Bonchev–Trinajstić information content (AvgIpc) is 2.61. The molecule has 126 valence electrons. The molecule has 0 radical (unpaired) electrons. The molecule has 0 spiro atoms. The third-order valence-corrected chi connectivity index (χ3v) is 4.33. The highest BCUT2D eigenvalue weighted by Crippen LogP contribution is 2.34. The first kappa shape index (κ1) is 17.3. The number of hydrogen-bond acceptors (Lipinski definition) is 4. The van der Waals surface area contributed by atoms with Gasteiger partial charge in [0.1, 0.15) is 12.2 Å². The molecule has 0 saturated carbocycles. The lowest BCUT2D eigenvalue weighted by molar-refractivity contribution is 0.0550. The van der Waals surface area contributed by atoms with E-state index in [1.165, 1.54) is 18.2 Å². The molecule has 0 amide bonds. The molecule has 0 fully saturated rings. The first-order valence-electron chi connectivity index (χ1n) is 7.31. The lowest BCUT2D eigenvalue weighted by Gasteiger charge is -2.09. The highest BCUT2D eigenvalue weighted by Gasteiger charge is 2.18. The van der Waals surface area contributed by atoms with Gasteiger partial charge in [-0.15, -0.1) is 0 Å². The van der Waals surface area contributed by atoms with E-state index in [0.717, 1.165) is 5.39 Å². The van der Waals surface area contributed by atoms with Crippen molar-refractivity contribution < 1.29 is 13.9 Å². The first-order valence-corrected chi connectivity index (χ1v) is 8.07. The standard InChI is InChI=1S/C19H12Cl2O4/c1-2-7-24-18(22)12-9-13(17(21)15(20)10-12)14-8-11-5-3-4-6-16(11)25-19(14)23/h2-6,8-10H,1,7H2. The Balaban J connectivity index is 2.18. The number of halogens is 2. The smallest absolute Gasteiger partial charge is 0.344 e. The van der Waals surface area contributed by atoms with Crippen molar-refractivity contribution in [2.75, 3.05) is 6.61 Å². The molecule has 3 rings (SSSR count). The lowest BCUT2D eigenvalue weighted by Crippen LogP contribution is -2.07. The van der Waals surface area contributed by atoms with Gasteiger partial charge in [-0.2, -0.15) is 0 Å². The molecule has 1 heterocycles. The van der Waals surface area contributed by atoms with Crippen LogP contribution in [0.15, 0.2) is 64.3 Å². The minimum Gasteiger partial charge on any atom is -0.458 e. The lowest BCUT2D eigenvalue weighted by atomic mass is 10.0. The van der Waals surface area contributed by atoms with Gasteiger partial charge in [0, 0.05) is 10.9 Å². The number of carbonyl (C=O) groups is 1. The molecule has 0 aliphatic heterocycles. The fourth-order valence-corrected chi connectivity index (χ4v) is 2.80. The van der Waals surface area contributed by atoms with Crippen molar-refractivity contribution in [2.24, 2.45) is 0 Å². The SMILES string of the molecule is C=CCOC(=O)c1cc(Cl)c(Cl)c(-c2cc3ccccc3oc2=O)c1. The van der Waals surface area contributed by atoms with Crippen molar-refractivity contribution in [3.05, 3.63) is 81.1 Å². The number of benzene rings is 2.